The molecule has 1 aliphatic heterocycles. The molecule has 0 amide bonds. The molecule has 34 heavy (non-hydrogen) atoms. The molecule has 0 saturated carbocycles. The van der Waals surface area contributed by atoms with E-state index >= 15 is 0 Å². The highest BCUT2D eigenvalue weighted by Crippen LogP contribution is 2.36. The lowest BCUT2D eigenvalue weighted by Gasteiger charge is -2.22. The summed E-state index contributed by atoms with van der Waals surface area (Å²) in [6.07, 6.45) is 0. The Morgan fingerprint density at radius 3 is 1.38 bits per heavy atom. The van der Waals surface area contributed by atoms with Gasteiger partial charge in [0, 0.05) is 21.3 Å². The summed E-state index contributed by atoms with van der Waals surface area (Å²) in [7, 11) is 0. The summed E-state index contributed by atoms with van der Waals surface area (Å²) in [6, 6.07) is 13.0. The van der Waals surface area contributed by atoms with Crippen molar-refractivity contribution in [3.63, 3.8) is 0 Å². The van der Waals surface area contributed by atoms with Gasteiger partial charge >= 0.3 is 0 Å². The first kappa shape index (κ1) is 27.3. The molecule has 0 fully saturated rings. The topological polar surface area (TPSA) is 36.9 Å². The quantitative estimate of drug-likeness (QED) is 0.386. The van der Waals surface area contributed by atoms with Crippen LogP contribution in [-0.4, -0.2) is 51.1 Å². The van der Waals surface area contributed by atoms with E-state index in [0.717, 1.165) is 23.0 Å². The highest BCUT2D eigenvalue weighted by molar-refractivity contribution is 7.99. The maximum atomic E-state index is 6.07. The van der Waals surface area contributed by atoms with Gasteiger partial charge in [0.2, 0.25) is 0 Å². The van der Waals surface area contributed by atoms with Crippen LogP contribution < -0.4 is 9.47 Å². The van der Waals surface area contributed by atoms with E-state index in [2.05, 4.69) is 77.9 Å². The lowest BCUT2D eigenvalue weighted by atomic mass is 9.87. The minimum atomic E-state index is 0.0988. The second kappa shape index (κ2) is 12.6. The van der Waals surface area contributed by atoms with Crippen LogP contribution in [0.25, 0.3) is 0 Å². The zero-order valence-corrected chi connectivity index (χ0v) is 23.2. The van der Waals surface area contributed by atoms with Crippen molar-refractivity contribution in [1.82, 2.24) is 0 Å². The Morgan fingerprint density at radius 2 is 0.971 bits per heavy atom. The molecule has 6 heteroatoms. The smallest absolute Gasteiger partial charge is 0.132 e. The third kappa shape index (κ3) is 8.40. The van der Waals surface area contributed by atoms with Gasteiger partial charge in [-0.25, -0.2) is 0 Å². The average molecular weight is 505 g/mol. The normalized spacial score (nSPS) is 17.4. The van der Waals surface area contributed by atoms with Crippen LogP contribution in [0, 0.1) is 0 Å². The van der Waals surface area contributed by atoms with Crippen LogP contribution in [0.4, 0.5) is 0 Å². The van der Waals surface area contributed by atoms with Crippen molar-refractivity contribution in [1.29, 1.82) is 0 Å². The van der Waals surface area contributed by atoms with E-state index in [1.54, 1.807) is 23.5 Å². The molecule has 4 nitrogen and oxygen atoms in total. The first-order valence-electron chi connectivity index (χ1n) is 12.1. The molecule has 0 spiro atoms. The molecule has 0 atom stereocenters. The second-order valence-electron chi connectivity index (χ2n) is 10.4. The molecule has 2 aromatic carbocycles. The SMILES string of the molecule is CC(C)(C)c1ccc2c(c1)SCCOCCSc1cc(C(C)(C)C)ccc1OCCOCCO2. The molecule has 0 bridgehead atoms. The first-order valence-corrected chi connectivity index (χ1v) is 14.1. The number of ether oxygens (including phenoxy) is 4. The number of benzene rings is 2. The van der Waals surface area contributed by atoms with Crippen LogP contribution in [0.15, 0.2) is 46.2 Å². The van der Waals surface area contributed by atoms with E-state index in [1.165, 1.54) is 20.9 Å². The summed E-state index contributed by atoms with van der Waals surface area (Å²) < 4.78 is 23.9. The van der Waals surface area contributed by atoms with E-state index in [0.29, 0.717) is 39.6 Å². The largest absolute Gasteiger partial charge is 0.490 e. The van der Waals surface area contributed by atoms with Crippen LogP contribution >= 0.6 is 23.5 Å². The lowest BCUT2D eigenvalue weighted by Crippen LogP contribution is -2.14. The summed E-state index contributed by atoms with van der Waals surface area (Å²) in [5.41, 5.74) is 2.82. The van der Waals surface area contributed by atoms with Gasteiger partial charge in [-0.2, -0.15) is 0 Å². The zero-order valence-electron chi connectivity index (χ0n) is 21.6. The maximum absolute atomic E-state index is 6.07. The van der Waals surface area contributed by atoms with E-state index in [9.17, 15) is 0 Å². The maximum Gasteiger partial charge on any atom is 0.132 e. The number of hydrogen-bond acceptors (Lipinski definition) is 6. The van der Waals surface area contributed by atoms with Crippen LogP contribution in [0.1, 0.15) is 52.7 Å². The molecule has 0 unspecified atom stereocenters. The summed E-state index contributed by atoms with van der Waals surface area (Å²) in [5, 5.41) is 0. The Morgan fingerprint density at radius 1 is 0.559 bits per heavy atom. The summed E-state index contributed by atoms with van der Waals surface area (Å²) in [6.45, 7) is 16.9. The molecule has 2 aromatic rings. The van der Waals surface area contributed by atoms with Gasteiger partial charge in [-0.05, 0) is 46.2 Å². The fourth-order valence-electron chi connectivity index (χ4n) is 3.46. The number of fused-ring (bicyclic) bond motifs is 2. The van der Waals surface area contributed by atoms with Gasteiger partial charge in [-0.1, -0.05) is 53.7 Å². The molecular formula is C28H40O4S2. The van der Waals surface area contributed by atoms with Gasteiger partial charge in [0.05, 0.1) is 26.4 Å². The Balaban J connectivity index is 1.66. The first-order chi connectivity index (χ1) is 16.1. The van der Waals surface area contributed by atoms with Crippen molar-refractivity contribution in [3.05, 3.63) is 47.5 Å². The molecule has 0 aliphatic carbocycles. The lowest BCUT2D eigenvalue weighted by molar-refractivity contribution is 0.0751. The second-order valence-corrected chi connectivity index (χ2v) is 12.7. The van der Waals surface area contributed by atoms with Gasteiger partial charge in [-0.3, -0.25) is 0 Å². The zero-order chi connectivity index (χ0) is 24.6. The monoisotopic (exact) mass is 504 g/mol. The van der Waals surface area contributed by atoms with Gasteiger partial charge in [0.1, 0.15) is 24.7 Å². The van der Waals surface area contributed by atoms with Crippen molar-refractivity contribution < 1.29 is 18.9 Å². The fraction of sp³-hybridized carbons (Fsp3) is 0.571. The minimum Gasteiger partial charge on any atom is -0.490 e. The van der Waals surface area contributed by atoms with Crippen LogP contribution in [-0.2, 0) is 20.3 Å². The summed E-state index contributed by atoms with van der Waals surface area (Å²) in [5.74, 6) is 3.61. The molecule has 3 rings (SSSR count). The fourth-order valence-corrected chi connectivity index (χ4v) is 5.26. The Hall–Kier alpha value is -1.34. The predicted octanol–water partition coefficient (Wildman–Crippen LogP) is 6.97. The highest BCUT2D eigenvalue weighted by atomic mass is 32.2. The minimum absolute atomic E-state index is 0.0988. The van der Waals surface area contributed by atoms with Gasteiger partial charge < -0.3 is 18.9 Å². The molecule has 188 valence electrons. The molecular weight excluding hydrogens is 464 g/mol. The average Bonchev–Trinajstić information content (AvgIpc) is 2.77. The third-order valence-electron chi connectivity index (χ3n) is 5.56. The van der Waals surface area contributed by atoms with Gasteiger partial charge in [-0.15, -0.1) is 23.5 Å². The summed E-state index contributed by atoms with van der Waals surface area (Å²) in [4.78, 5) is 2.33. The Labute approximate surface area is 214 Å². The third-order valence-corrected chi connectivity index (χ3v) is 7.56. The molecule has 1 heterocycles. The number of hydrogen-bond donors (Lipinski definition) is 0. The van der Waals surface area contributed by atoms with E-state index in [-0.39, 0.29) is 10.8 Å². The molecule has 0 saturated heterocycles. The molecule has 1 aliphatic rings. The van der Waals surface area contributed by atoms with Gasteiger partial charge in [0.15, 0.2) is 0 Å². The standard InChI is InChI=1S/C28H40O4S2/c1-27(2,3)21-7-9-23-25(19-21)33-17-15-30-16-18-34-26-20-22(28(4,5)6)8-10-24(26)32-14-12-29-11-13-31-23/h7-10,19-20H,11-18H2,1-6H3. The van der Waals surface area contributed by atoms with Crippen LogP contribution in [0.2, 0.25) is 0 Å². The highest BCUT2D eigenvalue weighted by Gasteiger charge is 2.18. The van der Waals surface area contributed by atoms with E-state index < -0.39 is 0 Å². The van der Waals surface area contributed by atoms with Crippen molar-refractivity contribution >= 4 is 23.5 Å². The molecule has 0 radical (unpaired) electrons. The molecule has 0 N–H and O–H groups in total. The van der Waals surface area contributed by atoms with Crippen molar-refractivity contribution in [2.45, 2.75) is 62.2 Å². The van der Waals surface area contributed by atoms with Crippen LogP contribution in [0.3, 0.4) is 0 Å². The van der Waals surface area contributed by atoms with Gasteiger partial charge in [0.25, 0.3) is 0 Å². The van der Waals surface area contributed by atoms with E-state index in [1.807, 2.05) is 0 Å². The number of thioether (sulfide) groups is 2. The Kier molecular flexibility index (Phi) is 10.1. The Bertz CT molecular complexity index is 842. The van der Waals surface area contributed by atoms with Crippen LogP contribution in [0.5, 0.6) is 11.5 Å². The summed E-state index contributed by atoms with van der Waals surface area (Å²) >= 11 is 3.59. The predicted molar refractivity (Wildman–Crippen MR) is 144 cm³/mol. The van der Waals surface area contributed by atoms with Crippen molar-refractivity contribution in [3.8, 4) is 11.5 Å². The molecule has 0 aromatic heterocycles. The van der Waals surface area contributed by atoms with Crippen molar-refractivity contribution in [2.24, 2.45) is 0 Å². The van der Waals surface area contributed by atoms with E-state index in [4.69, 9.17) is 18.9 Å². The van der Waals surface area contributed by atoms with Crippen molar-refractivity contribution in [2.75, 3.05) is 51.1 Å². The number of rotatable bonds is 0.